The maximum absolute atomic E-state index is 12.6. The molecule has 0 heterocycles. The van der Waals surface area contributed by atoms with Crippen molar-refractivity contribution >= 4 is 5.97 Å². The summed E-state index contributed by atoms with van der Waals surface area (Å²) in [5.41, 5.74) is 0. The fraction of sp³-hybridized carbons (Fsp3) is 0.909. The quantitative estimate of drug-likeness (QED) is 0.702. The average molecular weight is 234 g/mol. The van der Waals surface area contributed by atoms with Gasteiger partial charge in [-0.2, -0.15) is 0 Å². The van der Waals surface area contributed by atoms with Gasteiger partial charge >= 0.3 is 5.97 Å². The van der Waals surface area contributed by atoms with Gasteiger partial charge in [0.05, 0.1) is 19.1 Å². The third kappa shape index (κ3) is 2.51. The molecule has 3 nitrogen and oxygen atoms in total. The normalized spacial score (nSPS) is 36.8. The second kappa shape index (κ2) is 4.28. The van der Waals surface area contributed by atoms with Crippen LogP contribution < -0.4 is 0 Å². The van der Waals surface area contributed by atoms with Gasteiger partial charge in [-0.1, -0.05) is 0 Å². The summed E-state index contributed by atoms with van der Waals surface area (Å²) in [6.07, 6.45) is 1.56. The van der Waals surface area contributed by atoms with Crippen molar-refractivity contribution in [3.63, 3.8) is 0 Å². The van der Waals surface area contributed by atoms with E-state index in [9.17, 15) is 13.6 Å². The minimum absolute atomic E-state index is 0.0791. The summed E-state index contributed by atoms with van der Waals surface area (Å²) in [5, 5.41) is 0. The molecule has 0 radical (unpaired) electrons. The maximum atomic E-state index is 12.6. The van der Waals surface area contributed by atoms with Crippen LogP contribution in [0.3, 0.4) is 0 Å². The molecule has 0 N–H and O–H groups in total. The van der Waals surface area contributed by atoms with Crippen molar-refractivity contribution in [1.29, 1.82) is 0 Å². The summed E-state index contributed by atoms with van der Waals surface area (Å²) in [7, 11) is 1.37. The molecule has 1 unspecified atom stereocenters. The molecule has 1 atom stereocenters. The van der Waals surface area contributed by atoms with Crippen LogP contribution in [0.4, 0.5) is 8.78 Å². The molecular formula is C11H16F2O3. The molecule has 92 valence electrons. The average Bonchev–Trinajstić information content (AvgIpc) is 2.86. The Kier molecular flexibility index (Phi) is 3.15. The number of esters is 1. The zero-order valence-corrected chi connectivity index (χ0v) is 9.25. The molecule has 0 saturated heterocycles. The first-order valence-corrected chi connectivity index (χ1v) is 5.64. The molecule has 2 aliphatic carbocycles. The second-order valence-electron chi connectivity index (χ2n) is 4.59. The van der Waals surface area contributed by atoms with E-state index in [1.54, 1.807) is 0 Å². The van der Waals surface area contributed by atoms with Crippen LogP contribution in [0.15, 0.2) is 0 Å². The van der Waals surface area contributed by atoms with Crippen LogP contribution in [-0.4, -0.2) is 31.2 Å². The lowest BCUT2D eigenvalue weighted by molar-refractivity contribution is -0.148. The number of hydrogen-bond donors (Lipinski definition) is 0. The van der Waals surface area contributed by atoms with Crippen LogP contribution in [0.25, 0.3) is 0 Å². The van der Waals surface area contributed by atoms with E-state index < -0.39 is 12.0 Å². The molecule has 16 heavy (non-hydrogen) atoms. The van der Waals surface area contributed by atoms with Crippen LogP contribution in [0.2, 0.25) is 0 Å². The van der Waals surface area contributed by atoms with Gasteiger partial charge in [-0.3, -0.25) is 4.79 Å². The zero-order valence-electron chi connectivity index (χ0n) is 9.25. The lowest BCUT2D eigenvalue weighted by Gasteiger charge is -2.26. The molecule has 0 amide bonds. The molecule has 2 saturated carbocycles. The smallest absolute Gasteiger partial charge is 0.308 e. The maximum Gasteiger partial charge on any atom is 0.308 e. The molecule has 0 spiro atoms. The Morgan fingerprint density at radius 3 is 2.25 bits per heavy atom. The fourth-order valence-electron chi connectivity index (χ4n) is 2.17. The van der Waals surface area contributed by atoms with E-state index >= 15 is 0 Å². The summed E-state index contributed by atoms with van der Waals surface area (Å²) >= 11 is 0. The summed E-state index contributed by atoms with van der Waals surface area (Å²) in [6.45, 7) is 0. The highest BCUT2D eigenvalue weighted by Crippen LogP contribution is 2.46. The summed E-state index contributed by atoms with van der Waals surface area (Å²) in [5.74, 6) is -2.89. The topological polar surface area (TPSA) is 35.5 Å². The zero-order chi connectivity index (χ0) is 11.8. The van der Waals surface area contributed by atoms with Crippen molar-refractivity contribution in [1.82, 2.24) is 0 Å². The lowest BCUT2D eigenvalue weighted by atomic mass is 9.87. The van der Waals surface area contributed by atoms with E-state index in [-0.39, 0.29) is 24.4 Å². The van der Waals surface area contributed by atoms with Gasteiger partial charge in [0, 0.05) is 6.42 Å². The molecule has 2 aliphatic rings. The van der Waals surface area contributed by atoms with Crippen molar-refractivity contribution in [3.05, 3.63) is 0 Å². The van der Waals surface area contributed by atoms with Gasteiger partial charge < -0.3 is 9.47 Å². The molecule has 0 aromatic heterocycles. The van der Waals surface area contributed by atoms with Gasteiger partial charge in [-0.05, 0) is 25.7 Å². The van der Waals surface area contributed by atoms with Crippen molar-refractivity contribution < 1.29 is 23.0 Å². The Morgan fingerprint density at radius 1 is 1.25 bits per heavy atom. The summed E-state index contributed by atoms with van der Waals surface area (Å²) in [6, 6.07) is 0. The SMILES string of the molecule is COC(=O)C1CCC(OC2CC2(F)F)CC1. The third-order valence-corrected chi connectivity index (χ3v) is 3.33. The van der Waals surface area contributed by atoms with E-state index in [2.05, 4.69) is 4.74 Å². The van der Waals surface area contributed by atoms with E-state index in [1.165, 1.54) is 7.11 Å². The van der Waals surface area contributed by atoms with Gasteiger partial charge in [0.15, 0.2) is 0 Å². The van der Waals surface area contributed by atoms with Gasteiger partial charge in [0.25, 0.3) is 5.92 Å². The fourth-order valence-corrected chi connectivity index (χ4v) is 2.17. The minimum atomic E-state index is -2.61. The standard InChI is InChI=1S/C11H16F2O3/c1-15-10(14)7-2-4-8(5-3-7)16-9-6-11(9,12)13/h7-9H,2-6H2,1H3. The number of hydrogen-bond acceptors (Lipinski definition) is 3. The molecule has 0 aliphatic heterocycles. The number of halogens is 2. The first kappa shape index (κ1) is 11.8. The number of carbonyl (C=O) groups is 1. The lowest BCUT2D eigenvalue weighted by Crippen LogP contribution is -2.28. The number of alkyl halides is 2. The molecular weight excluding hydrogens is 218 g/mol. The van der Waals surface area contributed by atoms with Gasteiger partial charge in [-0.25, -0.2) is 8.78 Å². The Bertz CT molecular complexity index is 272. The molecule has 0 aromatic carbocycles. The second-order valence-corrected chi connectivity index (χ2v) is 4.59. The van der Waals surface area contributed by atoms with Crippen LogP contribution in [0.5, 0.6) is 0 Å². The third-order valence-electron chi connectivity index (χ3n) is 3.33. The molecule has 0 aromatic rings. The van der Waals surface area contributed by atoms with Crippen LogP contribution in [0, 0.1) is 5.92 Å². The summed E-state index contributed by atoms with van der Waals surface area (Å²) < 4.78 is 35.2. The van der Waals surface area contributed by atoms with E-state index in [0.29, 0.717) is 25.7 Å². The van der Waals surface area contributed by atoms with Gasteiger partial charge in [0.2, 0.25) is 0 Å². The Hall–Kier alpha value is -0.710. The number of ether oxygens (including phenoxy) is 2. The Labute approximate surface area is 93.1 Å². The first-order chi connectivity index (χ1) is 7.53. The predicted octanol–water partition coefficient (Wildman–Crippen LogP) is 2.14. The van der Waals surface area contributed by atoms with E-state index in [0.717, 1.165) is 0 Å². The predicted molar refractivity (Wildman–Crippen MR) is 52.2 cm³/mol. The van der Waals surface area contributed by atoms with Crippen molar-refractivity contribution in [2.24, 2.45) is 5.92 Å². The van der Waals surface area contributed by atoms with Crippen LogP contribution in [0.1, 0.15) is 32.1 Å². The molecule has 2 rings (SSSR count). The van der Waals surface area contributed by atoms with Crippen molar-refractivity contribution in [3.8, 4) is 0 Å². The Morgan fingerprint density at radius 2 is 1.81 bits per heavy atom. The summed E-state index contributed by atoms with van der Waals surface area (Å²) in [4.78, 5) is 11.2. The number of methoxy groups -OCH3 is 1. The molecule has 5 heteroatoms. The van der Waals surface area contributed by atoms with Gasteiger partial charge in [-0.15, -0.1) is 0 Å². The van der Waals surface area contributed by atoms with E-state index in [1.807, 2.05) is 0 Å². The highest BCUT2D eigenvalue weighted by Gasteiger charge is 2.59. The Balaban J connectivity index is 1.72. The first-order valence-electron chi connectivity index (χ1n) is 5.64. The molecule has 0 bridgehead atoms. The number of rotatable bonds is 3. The number of carbonyl (C=O) groups excluding carboxylic acids is 1. The highest BCUT2D eigenvalue weighted by molar-refractivity contribution is 5.72. The largest absolute Gasteiger partial charge is 0.469 e. The minimum Gasteiger partial charge on any atom is -0.469 e. The van der Waals surface area contributed by atoms with Crippen molar-refractivity contribution in [2.75, 3.05) is 7.11 Å². The highest BCUT2D eigenvalue weighted by atomic mass is 19.3. The van der Waals surface area contributed by atoms with Crippen molar-refractivity contribution in [2.45, 2.75) is 50.2 Å². The molecule has 2 fully saturated rings. The van der Waals surface area contributed by atoms with E-state index in [4.69, 9.17) is 4.74 Å². The monoisotopic (exact) mass is 234 g/mol. The van der Waals surface area contributed by atoms with Gasteiger partial charge in [0.1, 0.15) is 6.10 Å². The van der Waals surface area contributed by atoms with Crippen LogP contribution in [-0.2, 0) is 14.3 Å². The van der Waals surface area contributed by atoms with Crippen LogP contribution >= 0.6 is 0 Å².